The minimum atomic E-state index is -1.32. The number of methoxy groups -OCH3 is 1. The molecule has 1 heterocycles. The van der Waals surface area contributed by atoms with Crippen molar-refractivity contribution in [2.45, 2.75) is 50.5 Å². The van der Waals surface area contributed by atoms with Gasteiger partial charge in [0.25, 0.3) is 0 Å². The summed E-state index contributed by atoms with van der Waals surface area (Å²) in [6.45, 7) is 0. The Hall–Kier alpha value is -1.59. The quantitative estimate of drug-likeness (QED) is 0.832. The number of ether oxygens (including phenoxy) is 1. The Morgan fingerprint density at radius 3 is 2.65 bits per heavy atom. The monoisotopic (exact) mass is 319 g/mol. The number of aliphatic hydroxyl groups excluding tert-OH is 1. The lowest BCUT2D eigenvalue weighted by Crippen LogP contribution is -2.65. The number of hydrogen-bond acceptors (Lipinski definition) is 4. The lowest BCUT2D eigenvalue weighted by atomic mass is 9.67. The van der Waals surface area contributed by atoms with Crippen LogP contribution in [0.25, 0.3) is 0 Å². The molecule has 2 fully saturated rings. The minimum absolute atomic E-state index is 0.0203. The lowest BCUT2D eigenvalue weighted by molar-refractivity contribution is -0.240. The summed E-state index contributed by atoms with van der Waals surface area (Å²) in [5.41, 5.74) is -0.391. The van der Waals surface area contributed by atoms with Gasteiger partial charge in [-0.1, -0.05) is 25.0 Å². The van der Waals surface area contributed by atoms with Crippen molar-refractivity contribution in [2.75, 3.05) is 7.11 Å². The number of amides is 1. The van der Waals surface area contributed by atoms with Crippen molar-refractivity contribution in [1.29, 1.82) is 0 Å². The van der Waals surface area contributed by atoms with Gasteiger partial charge >= 0.3 is 0 Å². The molecule has 1 amide bonds. The van der Waals surface area contributed by atoms with Crippen LogP contribution in [-0.2, 0) is 11.2 Å². The van der Waals surface area contributed by atoms with Crippen molar-refractivity contribution < 1.29 is 19.7 Å². The van der Waals surface area contributed by atoms with E-state index in [0.29, 0.717) is 19.3 Å². The summed E-state index contributed by atoms with van der Waals surface area (Å²) in [6.07, 6.45) is 4.69. The molecular formula is C18H25NO4. The fourth-order valence-corrected chi connectivity index (χ4v) is 4.36. The van der Waals surface area contributed by atoms with Gasteiger partial charge in [0.2, 0.25) is 6.41 Å². The molecule has 3 rings (SSSR count). The van der Waals surface area contributed by atoms with Crippen molar-refractivity contribution >= 4 is 6.41 Å². The first-order valence-electron chi connectivity index (χ1n) is 8.35. The zero-order valence-electron chi connectivity index (χ0n) is 13.5. The number of rotatable bonds is 4. The summed E-state index contributed by atoms with van der Waals surface area (Å²) < 4.78 is 5.16. The second-order valence-corrected chi connectivity index (χ2v) is 6.78. The standard InChI is InChI=1S/C18H25NO4/c1-23-15-8-6-13(7-9-15)11-18(22)16-5-3-2-4-14(16)10-17(21)19(18)12-20/h6-9,12,14,16-17,21-22H,2-5,10-11H2,1H3/t14?,16?,17?,18-/m0/s1. The van der Waals surface area contributed by atoms with Crippen LogP contribution in [0.3, 0.4) is 0 Å². The molecule has 5 heteroatoms. The second-order valence-electron chi connectivity index (χ2n) is 6.78. The summed E-state index contributed by atoms with van der Waals surface area (Å²) in [7, 11) is 1.61. The molecule has 126 valence electrons. The Balaban J connectivity index is 1.90. The van der Waals surface area contributed by atoms with Gasteiger partial charge in [0.15, 0.2) is 0 Å². The van der Waals surface area contributed by atoms with E-state index in [-0.39, 0.29) is 11.8 Å². The first kappa shape index (κ1) is 16.3. The zero-order chi connectivity index (χ0) is 16.4. The van der Waals surface area contributed by atoms with Gasteiger partial charge in [0, 0.05) is 12.3 Å². The summed E-state index contributed by atoms with van der Waals surface area (Å²) in [5.74, 6) is 1.05. The Morgan fingerprint density at radius 1 is 1.30 bits per heavy atom. The number of hydrogen-bond donors (Lipinski definition) is 2. The van der Waals surface area contributed by atoms with Crippen LogP contribution >= 0.6 is 0 Å². The van der Waals surface area contributed by atoms with Crippen LogP contribution in [0.5, 0.6) is 5.75 Å². The van der Waals surface area contributed by atoms with Gasteiger partial charge in [0.1, 0.15) is 17.7 Å². The smallest absolute Gasteiger partial charge is 0.214 e. The average molecular weight is 319 g/mol. The van der Waals surface area contributed by atoms with Gasteiger partial charge in [-0.15, -0.1) is 0 Å². The number of piperidine rings is 1. The van der Waals surface area contributed by atoms with Crippen LogP contribution in [-0.4, -0.2) is 40.6 Å². The molecule has 2 aliphatic rings. The van der Waals surface area contributed by atoms with Crippen molar-refractivity contribution in [3.8, 4) is 5.75 Å². The molecule has 0 aromatic heterocycles. The molecule has 1 aliphatic carbocycles. The molecule has 5 nitrogen and oxygen atoms in total. The highest BCUT2D eigenvalue weighted by atomic mass is 16.5. The maximum Gasteiger partial charge on any atom is 0.214 e. The van der Waals surface area contributed by atoms with Gasteiger partial charge in [-0.3, -0.25) is 9.69 Å². The van der Waals surface area contributed by atoms with Gasteiger partial charge in [-0.05, 0) is 42.9 Å². The predicted octanol–water partition coefficient (Wildman–Crippen LogP) is 1.91. The molecule has 2 N–H and O–H groups in total. The van der Waals surface area contributed by atoms with Gasteiger partial charge in [-0.25, -0.2) is 0 Å². The Morgan fingerprint density at radius 2 is 2.00 bits per heavy atom. The predicted molar refractivity (Wildman–Crippen MR) is 85.6 cm³/mol. The van der Waals surface area contributed by atoms with Crippen LogP contribution in [0.4, 0.5) is 0 Å². The van der Waals surface area contributed by atoms with E-state index in [2.05, 4.69) is 0 Å². The topological polar surface area (TPSA) is 70.0 Å². The van der Waals surface area contributed by atoms with Crippen molar-refractivity contribution in [2.24, 2.45) is 11.8 Å². The zero-order valence-corrected chi connectivity index (χ0v) is 13.5. The third kappa shape index (κ3) is 2.95. The van der Waals surface area contributed by atoms with Crippen LogP contribution in [0.15, 0.2) is 24.3 Å². The third-order valence-electron chi connectivity index (χ3n) is 5.52. The highest BCUT2D eigenvalue weighted by Crippen LogP contribution is 2.47. The van der Waals surface area contributed by atoms with Gasteiger partial charge in [-0.2, -0.15) is 0 Å². The van der Waals surface area contributed by atoms with E-state index in [1.165, 1.54) is 4.90 Å². The molecular weight excluding hydrogens is 294 g/mol. The number of carbonyl (C=O) groups is 1. The van der Waals surface area contributed by atoms with E-state index in [0.717, 1.165) is 37.0 Å². The SMILES string of the molecule is COc1ccc(C[C@]2(O)C3CCCCC3CC(O)N2C=O)cc1. The van der Waals surface area contributed by atoms with Crippen LogP contribution in [0.1, 0.15) is 37.7 Å². The van der Waals surface area contributed by atoms with Crippen LogP contribution in [0, 0.1) is 11.8 Å². The second kappa shape index (κ2) is 6.49. The van der Waals surface area contributed by atoms with Crippen LogP contribution < -0.4 is 4.74 Å². The molecule has 0 radical (unpaired) electrons. The number of benzene rings is 1. The maximum absolute atomic E-state index is 11.5. The highest BCUT2D eigenvalue weighted by molar-refractivity contribution is 5.50. The minimum Gasteiger partial charge on any atom is -0.497 e. The normalized spacial score (nSPS) is 33.9. The van der Waals surface area contributed by atoms with Crippen LogP contribution in [0.2, 0.25) is 0 Å². The molecule has 1 aromatic carbocycles. The summed E-state index contributed by atoms with van der Waals surface area (Å²) in [5, 5.41) is 21.7. The molecule has 1 aliphatic heterocycles. The van der Waals surface area contributed by atoms with Gasteiger partial charge < -0.3 is 14.9 Å². The molecule has 1 aromatic rings. The molecule has 1 saturated carbocycles. The van der Waals surface area contributed by atoms with Crippen molar-refractivity contribution in [3.63, 3.8) is 0 Å². The van der Waals surface area contributed by atoms with Crippen molar-refractivity contribution in [1.82, 2.24) is 4.90 Å². The first-order chi connectivity index (χ1) is 11.1. The van der Waals surface area contributed by atoms with E-state index in [1.54, 1.807) is 7.11 Å². The number of aliphatic hydroxyl groups is 2. The van der Waals surface area contributed by atoms with Gasteiger partial charge in [0.05, 0.1) is 7.11 Å². The fraction of sp³-hybridized carbons (Fsp3) is 0.611. The van der Waals surface area contributed by atoms with E-state index in [1.807, 2.05) is 24.3 Å². The van der Waals surface area contributed by atoms with E-state index in [9.17, 15) is 15.0 Å². The maximum atomic E-state index is 11.5. The molecule has 0 bridgehead atoms. The number of nitrogens with zero attached hydrogens (tertiary/aromatic N) is 1. The highest BCUT2D eigenvalue weighted by Gasteiger charge is 2.52. The molecule has 23 heavy (non-hydrogen) atoms. The average Bonchev–Trinajstić information content (AvgIpc) is 2.56. The summed E-state index contributed by atoms with van der Waals surface area (Å²) in [4.78, 5) is 12.8. The Labute approximate surface area is 136 Å². The van der Waals surface area contributed by atoms with E-state index < -0.39 is 12.0 Å². The lowest BCUT2D eigenvalue weighted by Gasteiger charge is -2.54. The molecule has 3 unspecified atom stereocenters. The molecule has 4 atom stereocenters. The summed E-state index contributed by atoms with van der Waals surface area (Å²) >= 11 is 0. The molecule has 1 saturated heterocycles. The van der Waals surface area contributed by atoms with E-state index in [4.69, 9.17) is 4.74 Å². The third-order valence-corrected chi connectivity index (χ3v) is 5.52. The number of carbonyl (C=O) groups excluding carboxylic acids is 1. The van der Waals surface area contributed by atoms with E-state index >= 15 is 0 Å². The Kier molecular flexibility index (Phi) is 4.60. The largest absolute Gasteiger partial charge is 0.497 e. The number of fused-ring (bicyclic) bond motifs is 1. The Bertz CT molecular complexity index is 546. The number of likely N-dealkylation sites (tertiary alicyclic amines) is 1. The van der Waals surface area contributed by atoms with Crippen molar-refractivity contribution in [3.05, 3.63) is 29.8 Å². The first-order valence-corrected chi connectivity index (χ1v) is 8.35. The molecule has 0 spiro atoms. The summed E-state index contributed by atoms with van der Waals surface area (Å²) in [6, 6.07) is 7.50. The fourth-order valence-electron chi connectivity index (χ4n) is 4.36.